The van der Waals surface area contributed by atoms with Crippen molar-refractivity contribution in [2.24, 2.45) is 0 Å². The third kappa shape index (κ3) is 7.06. The zero-order valence-corrected chi connectivity index (χ0v) is 23.3. The number of nitrogens with zero attached hydrogens (tertiary/aromatic N) is 3. The molecule has 13 heteroatoms. The Kier molecular flexibility index (Phi) is 8.68. The van der Waals surface area contributed by atoms with Crippen LogP contribution in [0.25, 0.3) is 11.0 Å². The topological polar surface area (TPSA) is 133 Å². The van der Waals surface area contributed by atoms with Gasteiger partial charge in [-0.05, 0) is 72.7 Å². The van der Waals surface area contributed by atoms with Gasteiger partial charge >= 0.3 is 11.6 Å². The molecule has 0 unspecified atom stereocenters. The van der Waals surface area contributed by atoms with E-state index >= 15 is 0 Å². The summed E-state index contributed by atoms with van der Waals surface area (Å²) in [4.78, 5) is 25.2. The molecule has 5 rings (SSSR count). The van der Waals surface area contributed by atoms with E-state index in [4.69, 9.17) is 30.8 Å². The largest absolute Gasteiger partial charge is 0.493 e. The average molecular weight is 589 g/mol. The van der Waals surface area contributed by atoms with Gasteiger partial charge in [-0.2, -0.15) is 15.0 Å². The first-order valence-corrected chi connectivity index (χ1v) is 13.1. The molecule has 0 bridgehead atoms. The van der Waals surface area contributed by atoms with Gasteiger partial charge in [0, 0.05) is 12.2 Å². The number of hydrogen-bond donors (Lipinski definition) is 3. The van der Waals surface area contributed by atoms with Gasteiger partial charge in [-0.3, -0.25) is 0 Å². The second kappa shape index (κ2) is 12.9. The quantitative estimate of drug-likeness (QED) is 0.143. The summed E-state index contributed by atoms with van der Waals surface area (Å²) in [6.45, 7) is 0.453. The number of thiocarbonyl (C=S) groups is 1. The summed E-state index contributed by atoms with van der Waals surface area (Å²) in [7, 11) is 3.16. The first kappa shape index (κ1) is 28.2. The zero-order chi connectivity index (χ0) is 29.5. The maximum absolute atomic E-state index is 13.3. The molecular weight excluding hydrogens is 563 g/mol. The van der Waals surface area contributed by atoms with Crippen molar-refractivity contribution >= 4 is 45.9 Å². The normalized spacial score (nSPS) is 10.6. The van der Waals surface area contributed by atoms with Crippen molar-refractivity contribution in [3.8, 4) is 23.3 Å². The summed E-state index contributed by atoms with van der Waals surface area (Å²) in [6, 6.07) is 19.4. The van der Waals surface area contributed by atoms with E-state index in [-0.39, 0.29) is 34.6 Å². The number of rotatable bonds is 10. The van der Waals surface area contributed by atoms with Gasteiger partial charge < -0.3 is 34.6 Å². The SMILES string of the molecule is COc1ccc(CCNc2nc(NC(=S)Nc3ccc(F)cc3)nc(Oc3cc(=O)oc4ccccc34)n2)cc1OC. The van der Waals surface area contributed by atoms with Crippen molar-refractivity contribution in [1.82, 2.24) is 15.0 Å². The number of hydrogen-bond acceptors (Lipinski definition) is 10. The maximum Gasteiger partial charge on any atom is 0.339 e. The van der Waals surface area contributed by atoms with E-state index in [9.17, 15) is 9.18 Å². The van der Waals surface area contributed by atoms with Gasteiger partial charge in [0.25, 0.3) is 0 Å². The van der Waals surface area contributed by atoms with Crippen LogP contribution in [0, 0.1) is 5.82 Å². The van der Waals surface area contributed by atoms with E-state index < -0.39 is 5.63 Å². The van der Waals surface area contributed by atoms with Gasteiger partial charge in [0.05, 0.1) is 25.7 Å². The van der Waals surface area contributed by atoms with Gasteiger partial charge in [-0.15, -0.1) is 0 Å². The predicted octanol–water partition coefficient (Wildman–Crippen LogP) is 5.39. The molecule has 0 atom stereocenters. The number of para-hydroxylation sites is 1. The Morgan fingerprint density at radius 3 is 2.43 bits per heavy atom. The van der Waals surface area contributed by atoms with Gasteiger partial charge in [-0.25, -0.2) is 9.18 Å². The molecule has 0 saturated heterocycles. The van der Waals surface area contributed by atoms with Crippen LogP contribution in [0.15, 0.2) is 82.0 Å². The lowest BCUT2D eigenvalue weighted by atomic mass is 10.1. The number of benzene rings is 3. The molecule has 11 nitrogen and oxygen atoms in total. The van der Waals surface area contributed by atoms with Crippen LogP contribution in [0.3, 0.4) is 0 Å². The number of fused-ring (bicyclic) bond motifs is 1. The monoisotopic (exact) mass is 588 g/mol. The number of halogens is 1. The molecule has 0 spiro atoms. The lowest BCUT2D eigenvalue weighted by molar-refractivity contribution is 0.354. The summed E-state index contributed by atoms with van der Waals surface area (Å²) >= 11 is 5.39. The minimum absolute atomic E-state index is 0.0699. The van der Waals surface area contributed by atoms with Crippen molar-refractivity contribution in [2.45, 2.75) is 6.42 Å². The lowest BCUT2D eigenvalue weighted by Crippen LogP contribution is -2.21. The van der Waals surface area contributed by atoms with Gasteiger partial charge in [0.2, 0.25) is 11.9 Å². The summed E-state index contributed by atoms with van der Waals surface area (Å²) in [5.41, 5.74) is 1.32. The number of anilines is 3. The highest BCUT2D eigenvalue weighted by Gasteiger charge is 2.14. The third-order valence-electron chi connectivity index (χ3n) is 5.90. The van der Waals surface area contributed by atoms with Crippen molar-refractivity contribution < 1.29 is 23.0 Å². The van der Waals surface area contributed by atoms with Crippen LogP contribution in [0.4, 0.5) is 22.0 Å². The Morgan fingerprint density at radius 2 is 1.64 bits per heavy atom. The molecule has 0 fully saturated rings. The van der Waals surface area contributed by atoms with Gasteiger partial charge in [-0.1, -0.05) is 18.2 Å². The number of aromatic nitrogens is 3. The molecule has 0 aliphatic heterocycles. The Hall–Kier alpha value is -5.30. The summed E-state index contributed by atoms with van der Waals surface area (Å²) in [5, 5.41) is 9.70. The first-order chi connectivity index (χ1) is 20.4. The molecule has 2 heterocycles. The second-order valence-electron chi connectivity index (χ2n) is 8.75. The van der Waals surface area contributed by atoms with Gasteiger partial charge in [0.1, 0.15) is 17.1 Å². The molecule has 42 heavy (non-hydrogen) atoms. The second-order valence-corrected chi connectivity index (χ2v) is 9.15. The summed E-state index contributed by atoms with van der Waals surface area (Å²) in [6.07, 6.45) is 0.611. The fourth-order valence-corrected chi connectivity index (χ4v) is 4.16. The van der Waals surface area contributed by atoms with Crippen LogP contribution in [0.2, 0.25) is 0 Å². The molecule has 3 aromatic carbocycles. The molecule has 0 aliphatic carbocycles. The molecule has 0 saturated carbocycles. The van der Waals surface area contributed by atoms with Crippen molar-refractivity contribution in [2.75, 3.05) is 36.7 Å². The van der Waals surface area contributed by atoms with Crippen molar-refractivity contribution in [3.63, 3.8) is 0 Å². The molecule has 3 N–H and O–H groups in total. The molecule has 0 amide bonds. The molecule has 0 aliphatic rings. The highest BCUT2D eigenvalue weighted by Crippen LogP contribution is 2.29. The van der Waals surface area contributed by atoms with E-state index in [1.807, 2.05) is 18.2 Å². The fourth-order valence-electron chi connectivity index (χ4n) is 3.95. The Morgan fingerprint density at radius 1 is 0.881 bits per heavy atom. The molecule has 214 valence electrons. The lowest BCUT2D eigenvalue weighted by Gasteiger charge is -2.13. The van der Waals surface area contributed by atoms with E-state index in [1.165, 1.54) is 18.2 Å². The van der Waals surface area contributed by atoms with E-state index in [0.717, 1.165) is 5.56 Å². The smallest absolute Gasteiger partial charge is 0.339 e. The minimum atomic E-state index is -0.589. The highest BCUT2D eigenvalue weighted by molar-refractivity contribution is 7.80. The Bertz CT molecular complexity index is 1780. The van der Waals surface area contributed by atoms with Crippen molar-refractivity contribution in [3.05, 3.63) is 94.6 Å². The average Bonchev–Trinajstić information content (AvgIpc) is 2.98. The molecule has 2 aromatic heterocycles. The third-order valence-corrected chi connectivity index (χ3v) is 6.10. The van der Waals surface area contributed by atoms with E-state index in [0.29, 0.717) is 41.1 Å². The van der Waals surface area contributed by atoms with Gasteiger partial charge in [0.15, 0.2) is 16.6 Å². The van der Waals surface area contributed by atoms with Crippen LogP contribution < -0.4 is 35.8 Å². The fraction of sp³-hybridized carbons (Fsp3) is 0.138. The van der Waals surface area contributed by atoms with E-state index in [1.54, 1.807) is 50.6 Å². The molecular formula is C29H25FN6O5S. The summed E-state index contributed by atoms with van der Waals surface area (Å²) < 4.78 is 35.2. The highest BCUT2D eigenvalue weighted by atomic mass is 32.1. The van der Waals surface area contributed by atoms with Crippen LogP contribution in [0.5, 0.6) is 23.3 Å². The summed E-state index contributed by atoms with van der Waals surface area (Å²) in [5.74, 6) is 1.36. The molecule has 5 aromatic rings. The standard InChI is InChI=1S/C29H25FN6O5S/c1-38-22-12-7-17(15-24(22)39-2)13-14-31-26-33-27(36-29(42)32-19-10-8-18(30)9-11-19)35-28(34-26)41-23-16-25(37)40-21-6-4-3-5-20(21)23/h3-12,15-16H,13-14H2,1-2H3,(H3,31,32,33,34,35,36,42). The maximum atomic E-state index is 13.3. The van der Waals surface area contributed by atoms with Crippen LogP contribution in [-0.4, -0.2) is 40.8 Å². The number of methoxy groups -OCH3 is 2. The first-order valence-electron chi connectivity index (χ1n) is 12.7. The van der Waals surface area contributed by atoms with E-state index in [2.05, 4.69) is 30.9 Å². The molecule has 0 radical (unpaired) electrons. The van der Waals surface area contributed by atoms with Crippen molar-refractivity contribution in [1.29, 1.82) is 0 Å². The minimum Gasteiger partial charge on any atom is -0.493 e. The zero-order valence-electron chi connectivity index (χ0n) is 22.5. The Balaban J connectivity index is 1.38. The van der Waals surface area contributed by atoms with Crippen LogP contribution in [-0.2, 0) is 6.42 Å². The Labute approximate surface area is 244 Å². The predicted molar refractivity (Wildman–Crippen MR) is 160 cm³/mol. The number of ether oxygens (including phenoxy) is 3. The number of nitrogens with one attached hydrogen (secondary N) is 3. The van der Waals surface area contributed by atoms with Crippen LogP contribution in [0.1, 0.15) is 5.56 Å². The van der Waals surface area contributed by atoms with Crippen LogP contribution >= 0.6 is 12.2 Å².